The van der Waals surface area contributed by atoms with Crippen molar-refractivity contribution >= 4 is 27.6 Å². The predicted octanol–water partition coefficient (Wildman–Crippen LogP) is 3.81. The SMILES string of the molecule is CN(Cc1cccc2ccccc12)C(=O)Cn1ccc(=O)c2ccccc21. The third-order valence-electron chi connectivity index (χ3n) is 4.90. The Hall–Kier alpha value is -3.40. The van der Waals surface area contributed by atoms with Gasteiger partial charge < -0.3 is 9.47 Å². The number of hydrogen-bond donors (Lipinski definition) is 0. The fraction of sp³-hybridized carbons (Fsp3) is 0.130. The summed E-state index contributed by atoms with van der Waals surface area (Å²) in [5, 5.41) is 2.96. The molecule has 134 valence electrons. The molecule has 0 fully saturated rings. The number of rotatable bonds is 4. The van der Waals surface area contributed by atoms with Gasteiger partial charge in [-0.25, -0.2) is 0 Å². The number of pyridine rings is 1. The van der Waals surface area contributed by atoms with E-state index in [-0.39, 0.29) is 17.9 Å². The summed E-state index contributed by atoms with van der Waals surface area (Å²) in [5.74, 6) is -0.00302. The molecule has 4 rings (SSSR count). The van der Waals surface area contributed by atoms with E-state index in [1.807, 2.05) is 48.0 Å². The fourth-order valence-electron chi connectivity index (χ4n) is 3.44. The molecule has 0 aliphatic heterocycles. The summed E-state index contributed by atoms with van der Waals surface area (Å²) in [5.41, 5.74) is 1.86. The summed E-state index contributed by atoms with van der Waals surface area (Å²) in [6, 6.07) is 23.2. The van der Waals surface area contributed by atoms with Gasteiger partial charge in [-0.2, -0.15) is 0 Å². The van der Waals surface area contributed by atoms with Crippen LogP contribution in [0.3, 0.4) is 0 Å². The first-order chi connectivity index (χ1) is 13.1. The Morgan fingerprint density at radius 1 is 0.889 bits per heavy atom. The molecule has 0 radical (unpaired) electrons. The molecule has 4 aromatic rings. The predicted molar refractivity (Wildman–Crippen MR) is 109 cm³/mol. The van der Waals surface area contributed by atoms with Crippen LogP contribution < -0.4 is 5.43 Å². The summed E-state index contributed by atoms with van der Waals surface area (Å²) in [7, 11) is 1.81. The molecule has 0 N–H and O–H groups in total. The zero-order valence-electron chi connectivity index (χ0n) is 15.1. The van der Waals surface area contributed by atoms with Gasteiger partial charge in [-0.15, -0.1) is 0 Å². The lowest BCUT2D eigenvalue weighted by molar-refractivity contribution is -0.130. The lowest BCUT2D eigenvalue weighted by Gasteiger charge is -2.20. The molecule has 0 spiro atoms. The van der Waals surface area contributed by atoms with Crippen molar-refractivity contribution in [2.24, 2.45) is 0 Å². The van der Waals surface area contributed by atoms with E-state index in [9.17, 15) is 9.59 Å². The first-order valence-electron chi connectivity index (χ1n) is 8.92. The van der Waals surface area contributed by atoms with E-state index < -0.39 is 0 Å². The number of likely N-dealkylation sites (N-methyl/N-ethyl adjacent to an activating group) is 1. The Morgan fingerprint density at radius 2 is 1.59 bits per heavy atom. The van der Waals surface area contributed by atoms with E-state index in [0.29, 0.717) is 11.9 Å². The van der Waals surface area contributed by atoms with Crippen LogP contribution in [0, 0.1) is 0 Å². The van der Waals surface area contributed by atoms with Gasteiger partial charge in [-0.3, -0.25) is 9.59 Å². The second-order valence-corrected chi connectivity index (χ2v) is 6.71. The van der Waals surface area contributed by atoms with Crippen molar-refractivity contribution in [3.8, 4) is 0 Å². The van der Waals surface area contributed by atoms with Crippen molar-refractivity contribution < 1.29 is 4.79 Å². The van der Waals surface area contributed by atoms with Crippen LogP contribution in [0.2, 0.25) is 0 Å². The highest BCUT2D eigenvalue weighted by atomic mass is 16.2. The molecule has 27 heavy (non-hydrogen) atoms. The van der Waals surface area contributed by atoms with Crippen LogP contribution in [-0.2, 0) is 17.9 Å². The van der Waals surface area contributed by atoms with Gasteiger partial charge >= 0.3 is 0 Å². The van der Waals surface area contributed by atoms with Gasteiger partial charge in [0.25, 0.3) is 0 Å². The molecule has 4 heteroatoms. The zero-order chi connectivity index (χ0) is 18.8. The first-order valence-corrected chi connectivity index (χ1v) is 8.92. The van der Waals surface area contributed by atoms with E-state index in [2.05, 4.69) is 24.3 Å². The van der Waals surface area contributed by atoms with Crippen LogP contribution >= 0.6 is 0 Å². The van der Waals surface area contributed by atoms with Gasteiger partial charge in [0, 0.05) is 31.2 Å². The van der Waals surface area contributed by atoms with Crippen LogP contribution in [0.4, 0.5) is 0 Å². The number of nitrogens with zero attached hydrogens (tertiary/aromatic N) is 2. The van der Waals surface area contributed by atoms with Crippen molar-refractivity contribution in [3.63, 3.8) is 0 Å². The molecule has 0 unspecified atom stereocenters. The van der Waals surface area contributed by atoms with Gasteiger partial charge in [0.15, 0.2) is 5.43 Å². The summed E-state index contributed by atoms with van der Waals surface area (Å²) in [6.07, 6.45) is 1.69. The smallest absolute Gasteiger partial charge is 0.242 e. The highest BCUT2D eigenvalue weighted by Gasteiger charge is 2.13. The van der Waals surface area contributed by atoms with Crippen LogP contribution in [0.25, 0.3) is 21.7 Å². The summed E-state index contributed by atoms with van der Waals surface area (Å²) >= 11 is 0. The molecule has 1 heterocycles. The monoisotopic (exact) mass is 356 g/mol. The van der Waals surface area contributed by atoms with Crippen molar-refractivity contribution in [2.45, 2.75) is 13.1 Å². The molecule has 4 nitrogen and oxygen atoms in total. The second kappa shape index (κ2) is 7.08. The molecule has 1 aromatic heterocycles. The van der Waals surface area contributed by atoms with Gasteiger partial charge in [0.05, 0.1) is 5.52 Å². The average Bonchev–Trinajstić information content (AvgIpc) is 2.70. The Bertz CT molecular complexity index is 1190. The third-order valence-corrected chi connectivity index (χ3v) is 4.90. The molecule has 0 aliphatic rings. The van der Waals surface area contributed by atoms with Crippen LogP contribution in [0.15, 0.2) is 83.8 Å². The number of para-hydroxylation sites is 1. The fourth-order valence-corrected chi connectivity index (χ4v) is 3.44. The van der Waals surface area contributed by atoms with Crippen LogP contribution in [0.5, 0.6) is 0 Å². The van der Waals surface area contributed by atoms with E-state index in [1.165, 1.54) is 11.5 Å². The van der Waals surface area contributed by atoms with Gasteiger partial charge in [-0.1, -0.05) is 54.6 Å². The molecule has 0 aliphatic carbocycles. The molecule has 0 saturated carbocycles. The lowest BCUT2D eigenvalue weighted by Crippen LogP contribution is -2.30. The molecular formula is C23H20N2O2. The van der Waals surface area contributed by atoms with Crippen molar-refractivity contribution in [1.82, 2.24) is 9.47 Å². The quantitative estimate of drug-likeness (QED) is 0.558. The summed E-state index contributed by atoms with van der Waals surface area (Å²) in [6.45, 7) is 0.736. The molecule has 0 atom stereocenters. The molecular weight excluding hydrogens is 336 g/mol. The highest BCUT2D eigenvalue weighted by Crippen LogP contribution is 2.20. The molecule has 0 saturated heterocycles. The average molecular weight is 356 g/mol. The van der Waals surface area contributed by atoms with Crippen LogP contribution in [-0.4, -0.2) is 22.4 Å². The molecule has 1 amide bonds. The van der Waals surface area contributed by atoms with E-state index in [4.69, 9.17) is 0 Å². The van der Waals surface area contributed by atoms with E-state index in [0.717, 1.165) is 16.5 Å². The maximum Gasteiger partial charge on any atom is 0.242 e. The van der Waals surface area contributed by atoms with Crippen molar-refractivity contribution in [1.29, 1.82) is 0 Å². The first kappa shape index (κ1) is 17.0. The minimum Gasteiger partial charge on any atom is -0.340 e. The van der Waals surface area contributed by atoms with E-state index >= 15 is 0 Å². The Balaban J connectivity index is 1.58. The molecule has 3 aromatic carbocycles. The topological polar surface area (TPSA) is 42.3 Å². The molecule has 0 bridgehead atoms. The van der Waals surface area contributed by atoms with Crippen LogP contribution in [0.1, 0.15) is 5.56 Å². The van der Waals surface area contributed by atoms with Crippen molar-refractivity contribution in [2.75, 3.05) is 7.05 Å². The van der Waals surface area contributed by atoms with Gasteiger partial charge in [0.1, 0.15) is 6.54 Å². The number of carbonyl (C=O) groups excluding carboxylic acids is 1. The normalized spacial score (nSPS) is 11.0. The van der Waals surface area contributed by atoms with Crippen molar-refractivity contribution in [3.05, 3.63) is 94.8 Å². The number of amides is 1. The largest absolute Gasteiger partial charge is 0.340 e. The lowest BCUT2D eigenvalue weighted by atomic mass is 10.0. The summed E-state index contributed by atoms with van der Waals surface area (Å²) in [4.78, 5) is 26.5. The van der Waals surface area contributed by atoms with Gasteiger partial charge in [-0.05, 0) is 28.5 Å². The second-order valence-electron chi connectivity index (χ2n) is 6.71. The number of hydrogen-bond acceptors (Lipinski definition) is 2. The summed E-state index contributed by atoms with van der Waals surface area (Å²) < 4.78 is 1.83. The standard InChI is InChI=1S/C23H20N2O2/c1-24(15-18-9-6-8-17-7-2-3-10-19(17)18)23(27)16-25-14-13-22(26)20-11-4-5-12-21(20)25/h2-14H,15-16H2,1H3. The van der Waals surface area contributed by atoms with E-state index in [1.54, 1.807) is 17.2 Å². The third kappa shape index (κ3) is 3.34. The Kier molecular flexibility index (Phi) is 4.47. The number of aromatic nitrogens is 1. The zero-order valence-corrected chi connectivity index (χ0v) is 15.1. The minimum atomic E-state index is -0.0293. The number of fused-ring (bicyclic) bond motifs is 2. The minimum absolute atomic E-state index is 0.00302. The van der Waals surface area contributed by atoms with Gasteiger partial charge in [0.2, 0.25) is 5.91 Å². The highest BCUT2D eigenvalue weighted by molar-refractivity contribution is 5.86. The number of carbonyl (C=O) groups is 1. The maximum absolute atomic E-state index is 12.8. The maximum atomic E-state index is 12.8. The Morgan fingerprint density at radius 3 is 2.44 bits per heavy atom. The number of benzene rings is 3. The Labute approximate surface area is 157 Å².